The van der Waals surface area contributed by atoms with Crippen molar-refractivity contribution in [2.24, 2.45) is 11.3 Å². The molecule has 1 N–H and O–H groups in total. The molecule has 1 aromatic carbocycles. The second-order valence-corrected chi connectivity index (χ2v) is 9.23. The van der Waals surface area contributed by atoms with Crippen LogP contribution in [0.3, 0.4) is 0 Å². The standard InChI is InChI=1S/C27H35FO5/c1-19(2)33-26(31)27(3,4)16-7-5-6-9-20-12-15-25(30)24(20)14-13-22(29)18-32-23-11-8-10-21(28)17-23/h5-6,8,10-12,14-15,17,19-20,22,29H,7,9,13,16,18H2,1-4H3. The molecule has 0 heterocycles. The quantitative estimate of drug-likeness (QED) is 0.260. The maximum absolute atomic E-state index is 13.2. The molecule has 33 heavy (non-hydrogen) atoms. The molecule has 6 heteroatoms. The Balaban J connectivity index is 1.80. The Kier molecular flexibility index (Phi) is 10.0. The number of benzene rings is 1. The fourth-order valence-electron chi connectivity index (χ4n) is 3.40. The van der Waals surface area contributed by atoms with E-state index in [1.807, 2.05) is 45.9 Å². The summed E-state index contributed by atoms with van der Waals surface area (Å²) in [6, 6.07) is 5.74. The van der Waals surface area contributed by atoms with Crippen LogP contribution in [0.25, 0.3) is 0 Å². The van der Waals surface area contributed by atoms with Crippen LogP contribution in [0.2, 0.25) is 0 Å². The van der Waals surface area contributed by atoms with Crippen LogP contribution >= 0.6 is 0 Å². The molecule has 2 unspecified atom stereocenters. The zero-order chi connectivity index (χ0) is 24.4. The average Bonchev–Trinajstić information content (AvgIpc) is 3.09. The minimum absolute atomic E-state index is 0.00838. The molecule has 0 saturated carbocycles. The molecule has 180 valence electrons. The predicted octanol–water partition coefficient (Wildman–Crippen LogP) is 5.34. The van der Waals surface area contributed by atoms with Crippen LogP contribution in [-0.2, 0) is 14.3 Å². The first kappa shape index (κ1) is 26.5. The van der Waals surface area contributed by atoms with Gasteiger partial charge in [0.1, 0.15) is 18.2 Å². The minimum atomic E-state index is -0.807. The number of allylic oxidation sites excluding steroid dienone is 5. The van der Waals surface area contributed by atoms with Crippen molar-refractivity contribution in [2.45, 2.75) is 65.6 Å². The van der Waals surface area contributed by atoms with Gasteiger partial charge in [0.25, 0.3) is 0 Å². The molecule has 0 aromatic heterocycles. The molecule has 0 radical (unpaired) electrons. The Morgan fingerprint density at radius 1 is 1.27 bits per heavy atom. The Bertz CT molecular complexity index is 898. The van der Waals surface area contributed by atoms with Gasteiger partial charge in [0.15, 0.2) is 5.78 Å². The summed E-state index contributed by atoms with van der Waals surface area (Å²) >= 11 is 0. The van der Waals surface area contributed by atoms with Gasteiger partial charge in [-0.15, -0.1) is 0 Å². The molecule has 0 fully saturated rings. The summed E-state index contributed by atoms with van der Waals surface area (Å²) in [5, 5.41) is 10.2. The van der Waals surface area contributed by atoms with Gasteiger partial charge in [-0.3, -0.25) is 9.59 Å². The van der Waals surface area contributed by atoms with Crippen LogP contribution < -0.4 is 4.74 Å². The molecule has 0 amide bonds. The molecular formula is C27H35FO5. The number of aliphatic hydroxyl groups is 1. The zero-order valence-electron chi connectivity index (χ0n) is 19.9. The summed E-state index contributed by atoms with van der Waals surface area (Å²) < 4.78 is 23.9. The van der Waals surface area contributed by atoms with Crippen molar-refractivity contribution in [3.63, 3.8) is 0 Å². The summed E-state index contributed by atoms with van der Waals surface area (Å²) in [6.45, 7) is 7.45. The number of carbonyl (C=O) groups is 2. The van der Waals surface area contributed by atoms with E-state index < -0.39 is 17.3 Å². The number of carbonyl (C=O) groups excluding carboxylic acids is 2. The monoisotopic (exact) mass is 458 g/mol. The van der Waals surface area contributed by atoms with Gasteiger partial charge in [-0.2, -0.15) is 0 Å². The number of hydrogen-bond donors (Lipinski definition) is 1. The fraction of sp³-hybridized carbons (Fsp3) is 0.481. The highest BCUT2D eigenvalue weighted by molar-refractivity contribution is 6.07. The van der Waals surface area contributed by atoms with Gasteiger partial charge in [0, 0.05) is 17.6 Å². The Morgan fingerprint density at radius 3 is 2.73 bits per heavy atom. The third-order valence-corrected chi connectivity index (χ3v) is 5.40. The summed E-state index contributed by atoms with van der Waals surface area (Å²) in [5.41, 5.74) is 0.109. The molecule has 0 aliphatic heterocycles. The van der Waals surface area contributed by atoms with E-state index in [0.29, 0.717) is 24.2 Å². The van der Waals surface area contributed by atoms with Gasteiger partial charge in [-0.05, 0) is 71.6 Å². The molecule has 2 rings (SSSR count). The molecule has 0 bridgehead atoms. The summed E-state index contributed by atoms with van der Waals surface area (Å²) in [5.74, 6) is -0.334. The van der Waals surface area contributed by atoms with Crippen LogP contribution in [0.4, 0.5) is 4.39 Å². The SMILES string of the molecule is CC(C)OC(=O)C(C)(C)CCC=CCC1C=CC(=O)C1=CCC(O)COc1cccc(F)c1. The number of hydrogen-bond acceptors (Lipinski definition) is 5. The fourth-order valence-corrected chi connectivity index (χ4v) is 3.40. The van der Waals surface area contributed by atoms with E-state index in [0.717, 1.165) is 6.42 Å². The van der Waals surface area contributed by atoms with Crippen LogP contribution in [0.1, 0.15) is 53.4 Å². The second kappa shape index (κ2) is 12.5. The normalized spacial score (nSPS) is 18.5. The van der Waals surface area contributed by atoms with Gasteiger partial charge < -0.3 is 14.6 Å². The molecule has 5 nitrogen and oxygen atoms in total. The number of ketones is 1. The first-order valence-electron chi connectivity index (χ1n) is 11.4. The number of rotatable bonds is 12. The lowest BCUT2D eigenvalue weighted by molar-refractivity contribution is -0.158. The van der Waals surface area contributed by atoms with E-state index in [4.69, 9.17) is 9.47 Å². The maximum atomic E-state index is 13.2. The molecular weight excluding hydrogens is 423 g/mol. The Morgan fingerprint density at radius 2 is 2.03 bits per heavy atom. The highest BCUT2D eigenvalue weighted by atomic mass is 19.1. The molecule has 1 aromatic rings. The topological polar surface area (TPSA) is 72.8 Å². The van der Waals surface area contributed by atoms with Gasteiger partial charge in [-0.25, -0.2) is 4.39 Å². The van der Waals surface area contributed by atoms with Crippen LogP contribution in [0.5, 0.6) is 5.75 Å². The summed E-state index contributed by atoms with van der Waals surface area (Å²) in [7, 11) is 0. The first-order chi connectivity index (χ1) is 15.6. The lowest BCUT2D eigenvalue weighted by atomic mass is 9.87. The van der Waals surface area contributed by atoms with Crippen molar-refractivity contribution in [2.75, 3.05) is 6.61 Å². The number of esters is 1. The average molecular weight is 459 g/mol. The van der Waals surface area contributed by atoms with E-state index in [1.54, 1.807) is 18.2 Å². The molecule has 1 aliphatic carbocycles. The van der Waals surface area contributed by atoms with Crippen molar-refractivity contribution in [1.82, 2.24) is 0 Å². The molecule has 2 atom stereocenters. The van der Waals surface area contributed by atoms with Crippen LogP contribution in [-0.4, -0.2) is 35.7 Å². The van der Waals surface area contributed by atoms with E-state index in [2.05, 4.69) is 0 Å². The largest absolute Gasteiger partial charge is 0.491 e. The Hall–Kier alpha value is -2.73. The maximum Gasteiger partial charge on any atom is 0.311 e. The third kappa shape index (κ3) is 8.97. The van der Waals surface area contributed by atoms with Crippen molar-refractivity contribution >= 4 is 11.8 Å². The van der Waals surface area contributed by atoms with E-state index >= 15 is 0 Å². The van der Waals surface area contributed by atoms with Gasteiger partial charge >= 0.3 is 5.97 Å². The van der Waals surface area contributed by atoms with Gasteiger partial charge in [0.05, 0.1) is 17.6 Å². The molecule has 0 saturated heterocycles. The van der Waals surface area contributed by atoms with E-state index in [-0.39, 0.29) is 36.8 Å². The number of ether oxygens (including phenoxy) is 2. The van der Waals surface area contributed by atoms with Gasteiger partial charge in [0.2, 0.25) is 0 Å². The smallest absolute Gasteiger partial charge is 0.311 e. The van der Waals surface area contributed by atoms with Crippen molar-refractivity contribution in [1.29, 1.82) is 0 Å². The van der Waals surface area contributed by atoms with Crippen molar-refractivity contribution in [3.8, 4) is 5.75 Å². The second-order valence-electron chi connectivity index (χ2n) is 9.23. The highest BCUT2D eigenvalue weighted by Gasteiger charge is 2.29. The van der Waals surface area contributed by atoms with Crippen molar-refractivity contribution < 1.29 is 28.6 Å². The zero-order valence-corrected chi connectivity index (χ0v) is 19.9. The summed E-state index contributed by atoms with van der Waals surface area (Å²) in [6.07, 6.45) is 10.7. The third-order valence-electron chi connectivity index (χ3n) is 5.40. The number of aliphatic hydroxyl groups excluding tert-OH is 1. The molecule has 1 aliphatic rings. The summed E-state index contributed by atoms with van der Waals surface area (Å²) in [4.78, 5) is 24.4. The predicted molar refractivity (Wildman–Crippen MR) is 126 cm³/mol. The van der Waals surface area contributed by atoms with Gasteiger partial charge in [-0.1, -0.05) is 30.4 Å². The lowest BCUT2D eigenvalue weighted by Crippen LogP contribution is -2.28. The first-order valence-corrected chi connectivity index (χ1v) is 11.4. The van der Waals surface area contributed by atoms with E-state index in [1.165, 1.54) is 18.2 Å². The lowest BCUT2D eigenvalue weighted by Gasteiger charge is -2.23. The minimum Gasteiger partial charge on any atom is -0.491 e. The van der Waals surface area contributed by atoms with Crippen molar-refractivity contribution in [3.05, 3.63) is 66.0 Å². The number of halogens is 1. The van der Waals surface area contributed by atoms with E-state index in [9.17, 15) is 19.1 Å². The van der Waals surface area contributed by atoms with Crippen LogP contribution in [0, 0.1) is 17.2 Å². The molecule has 0 spiro atoms. The highest BCUT2D eigenvalue weighted by Crippen LogP contribution is 2.28. The van der Waals surface area contributed by atoms with Crippen LogP contribution in [0.15, 0.2) is 60.2 Å². The Labute approximate surface area is 196 Å².